The number of allylic oxidation sites excluding steroid dienone is 1. The molecule has 248 valence electrons. The highest BCUT2D eigenvalue weighted by atomic mass is 32.2. The zero-order valence-corrected chi connectivity index (χ0v) is 27.1. The summed E-state index contributed by atoms with van der Waals surface area (Å²) in [7, 11) is -0.301. The first-order chi connectivity index (χ1) is 21.9. The SMILES string of the molecule is COc1cc(S(=O)(=O)N2CCN(C(C)=O)CC2)ccc1NCC#CC1=Cc2c(NC3CCN(C)CC3)cccc2C1CC(F)(F)F. The van der Waals surface area contributed by atoms with Gasteiger partial charge in [0.25, 0.3) is 0 Å². The maximum absolute atomic E-state index is 13.7. The number of hydrogen-bond acceptors (Lipinski definition) is 7. The van der Waals surface area contributed by atoms with Crippen molar-refractivity contribution in [2.75, 3.05) is 70.6 Å². The maximum atomic E-state index is 13.7. The van der Waals surface area contributed by atoms with E-state index in [4.69, 9.17) is 4.74 Å². The highest BCUT2D eigenvalue weighted by molar-refractivity contribution is 7.89. The van der Waals surface area contributed by atoms with Crippen LogP contribution >= 0.6 is 0 Å². The van der Waals surface area contributed by atoms with E-state index in [2.05, 4.69) is 34.4 Å². The molecule has 1 amide bonds. The predicted molar refractivity (Wildman–Crippen MR) is 172 cm³/mol. The first kappa shape index (κ1) is 33.6. The number of ether oxygens (including phenoxy) is 1. The van der Waals surface area contributed by atoms with Gasteiger partial charge in [0.2, 0.25) is 15.9 Å². The molecule has 1 aliphatic carbocycles. The number of amides is 1. The molecule has 0 bridgehead atoms. The summed E-state index contributed by atoms with van der Waals surface area (Å²) < 4.78 is 74.3. The van der Waals surface area contributed by atoms with E-state index in [1.165, 1.54) is 30.5 Å². The zero-order valence-electron chi connectivity index (χ0n) is 26.3. The van der Waals surface area contributed by atoms with Gasteiger partial charge in [-0.15, -0.1) is 0 Å². The van der Waals surface area contributed by atoms with E-state index in [1.54, 1.807) is 29.2 Å². The Balaban J connectivity index is 1.29. The average molecular weight is 660 g/mol. The molecule has 5 rings (SSSR count). The topological polar surface area (TPSA) is 94.2 Å². The molecule has 2 aromatic rings. The fourth-order valence-electron chi connectivity index (χ4n) is 6.20. The monoisotopic (exact) mass is 659 g/mol. The van der Waals surface area contributed by atoms with Gasteiger partial charge < -0.3 is 25.2 Å². The first-order valence-corrected chi connectivity index (χ1v) is 16.8. The fourth-order valence-corrected chi connectivity index (χ4v) is 7.64. The third kappa shape index (κ3) is 7.79. The molecule has 46 heavy (non-hydrogen) atoms. The van der Waals surface area contributed by atoms with Gasteiger partial charge in [0.15, 0.2) is 0 Å². The van der Waals surface area contributed by atoms with E-state index < -0.39 is 28.5 Å². The molecule has 0 radical (unpaired) electrons. The number of likely N-dealkylation sites (tertiary alicyclic amines) is 1. The number of nitrogens with zero attached hydrogens (tertiary/aromatic N) is 3. The summed E-state index contributed by atoms with van der Waals surface area (Å²) in [6.07, 6.45) is -1.67. The number of carbonyl (C=O) groups is 1. The third-order valence-electron chi connectivity index (χ3n) is 8.80. The third-order valence-corrected chi connectivity index (χ3v) is 10.7. The van der Waals surface area contributed by atoms with Crippen LogP contribution in [-0.2, 0) is 14.8 Å². The van der Waals surface area contributed by atoms with Crippen molar-refractivity contribution in [3.63, 3.8) is 0 Å². The summed E-state index contributed by atoms with van der Waals surface area (Å²) in [5, 5.41) is 6.66. The lowest BCUT2D eigenvalue weighted by Crippen LogP contribution is -2.49. The quantitative estimate of drug-likeness (QED) is 0.400. The van der Waals surface area contributed by atoms with Crippen LogP contribution in [-0.4, -0.2) is 101 Å². The molecule has 13 heteroatoms. The molecule has 2 fully saturated rings. The molecule has 2 saturated heterocycles. The maximum Gasteiger partial charge on any atom is 0.390 e. The number of piperidine rings is 1. The summed E-state index contributed by atoms with van der Waals surface area (Å²) in [6, 6.07) is 10.2. The second-order valence-corrected chi connectivity index (χ2v) is 13.9. The molecule has 1 atom stereocenters. The van der Waals surface area contributed by atoms with Crippen molar-refractivity contribution in [1.29, 1.82) is 0 Å². The van der Waals surface area contributed by atoms with Crippen molar-refractivity contribution in [3.05, 3.63) is 53.1 Å². The number of hydrogen-bond donors (Lipinski definition) is 2. The Morgan fingerprint density at radius 2 is 1.76 bits per heavy atom. The Bertz CT molecular complexity index is 1630. The van der Waals surface area contributed by atoms with Crippen LogP contribution in [0.5, 0.6) is 5.75 Å². The molecule has 0 aromatic heterocycles. The summed E-state index contributed by atoms with van der Waals surface area (Å²) in [5.41, 5.74) is 3.11. The van der Waals surface area contributed by atoms with Crippen molar-refractivity contribution in [2.45, 2.75) is 49.2 Å². The van der Waals surface area contributed by atoms with Crippen LogP contribution < -0.4 is 15.4 Å². The number of rotatable bonds is 8. The van der Waals surface area contributed by atoms with Crippen molar-refractivity contribution in [2.24, 2.45) is 0 Å². The number of sulfonamides is 1. The fraction of sp³-hybridized carbons (Fsp3) is 0.485. The minimum atomic E-state index is -4.36. The van der Waals surface area contributed by atoms with Crippen molar-refractivity contribution >= 4 is 33.4 Å². The Labute approximate surface area is 268 Å². The summed E-state index contributed by atoms with van der Waals surface area (Å²) in [6.45, 7) is 4.53. The first-order valence-electron chi connectivity index (χ1n) is 15.4. The molecule has 2 heterocycles. The standard InChI is InChI=1S/C33H40F3N5O4S/c1-23(42)40-16-18-41(19-17-40)46(43,44)26-9-10-31(32(21-26)45-3)37-13-5-6-24-20-28-27(29(24)22-33(34,35)36)7-4-8-30(28)38-25-11-14-39(2)15-12-25/h4,7-10,20-21,25,29,37-38H,11-19,22H2,1-3H3. The molecule has 3 aliphatic rings. The number of anilines is 2. The van der Waals surface area contributed by atoms with Gasteiger partial charge in [-0.05, 0) is 62.8 Å². The number of halogens is 3. The number of benzene rings is 2. The van der Waals surface area contributed by atoms with Crippen LogP contribution in [0, 0.1) is 11.8 Å². The van der Waals surface area contributed by atoms with Crippen LogP contribution in [0.4, 0.5) is 24.5 Å². The Morgan fingerprint density at radius 1 is 1.04 bits per heavy atom. The van der Waals surface area contributed by atoms with Gasteiger partial charge in [-0.2, -0.15) is 17.5 Å². The summed E-state index contributed by atoms with van der Waals surface area (Å²) in [4.78, 5) is 15.5. The second-order valence-electron chi connectivity index (χ2n) is 11.9. The van der Waals surface area contributed by atoms with Crippen LogP contribution in [0.3, 0.4) is 0 Å². The van der Waals surface area contributed by atoms with Crippen LogP contribution in [0.25, 0.3) is 6.08 Å². The molecule has 2 aromatic carbocycles. The molecular formula is C33H40F3N5O4S. The normalized spacial score (nSPS) is 19.6. The van der Waals surface area contributed by atoms with E-state index in [1.807, 2.05) is 6.07 Å². The molecule has 2 aliphatic heterocycles. The van der Waals surface area contributed by atoms with Crippen molar-refractivity contribution in [3.8, 4) is 17.6 Å². The van der Waals surface area contributed by atoms with Gasteiger partial charge in [-0.1, -0.05) is 24.0 Å². The van der Waals surface area contributed by atoms with Crippen LogP contribution in [0.2, 0.25) is 0 Å². The number of methoxy groups -OCH3 is 1. The molecule has 9 nitrogen and oxygen atoms in total. The van der Waals surface area contributed by atoms with E-state index in [9.17, 15) is 26.4 Å². The number of fused-ring (bicyclic) bond motifs is 1. The number of carbonyl (C=O) groups excluding carboxylic acids is 1. The molecule has 1 unspecified atom stereocenters. The lowest BCUT2D eigenvalue weighted by Gasteiger charge is -2.33. The predicted octanol–water partition coefficient (Wildman–Crippen LogP) is 4.60. The smallest absolute Gasteiger partial charge is 0.390 e. The van der Waals surface area contributed by atoms with Gasteiger partial charge in [0.05, 0.1) is 30.7 Å². The molecule has 2 N–H and O–H groups in total. The Kier molecular flexibility index (Phi) is 10.2. The van der Waals surface area contributed by atoms with E-state index in [0.717, 1.165) is 37.2 Å². The Hall–Kier alpha value is -3.73. The van der Waals surface area contributed by atoms with E-state index in [-0.39, 0.29) is 42.2 Å². The highest BCUT2D eigenvalue weighted by Crippen LogP contribution is 2.45. The van der Waals surface area contributed by atoms with Crippen LogP contribution in [0.15, 0.2) is 46.9 Å². The summed E-state index contributed by atoms with van der Waals surface area (Å²) in [5.74, 6) is 5.24. The number of piperazine rings is 1. The van der Waals surface area contributed by atoms with Gasteiger partial charge in [0, 0.05) is 68.0 Å². The molecular weight excluding hydrogens is 619 g/mol. The van der Waals surface area contributed by atoms with E-state index >= 15 is 0 Å². The number of alkyl halides is 3. The molecule has 0 saturated carbocycles. The minimum absolute atomic E-state index is 0.0609. The number of nitrogens with one attached hydrogen (secondary N) is 2. The minimum Gasteiger partial charge on any atom is -0.495 e. The lowest BCUT2D eigenvalue weighted by atomic mass is 9.92. The largest absolute Gasteiger partial charge is 0.495 e. The van der Waals surface area contributed by atoms with Crippen molar-refractivity contribution in [1.82, 2.24) is 14.1 Å². The van der Waals surface area contributed by atoms with Crippen LogP contribution in [0.1, 0.15) is 43.2 Å². The van der Waals surface area contributed by atoms with Gasteiger partial charge in [-0.3, -0.25) is 4.79 Å². The zero-order chi connectivity index (χ0) is 33.1. The van der Waals surface area contributed by atoms with Gasteiger partial charge >= 0.3 is 6.18 Å². The summed E-state index contributed by atoms with van der Waals surface area (Å²) >= 11 is 0. The lowest BCUT2D eigenvalue weighted by molar-refractivity contribution is -0.136. The average Bonchev–Trinajstić information content (AvgIpc) is 3.36. The Morgan fingerprint density at radius 3 is 2.41 bits per heavy atom. The highest BCUT2D eigenvalue weighted by Gasteiger charge is 2.38. The van der Waals surface area contributed by atoms with Gasteiger partial charge in [0.1, 0.15) is 5.75 Å². The van der Waals surface area contributed by atoms with E-state index in [0.29, 0.717) is 29.9 Å². The second kappa shape index (κ2) is 13.9. The van der Waals surface area contributed by atoms with Gasteiger partial charge in [-0.25, -0.2) is 8.42 Å². The van der Waals surface area contributed by atoms with Crippen molar-refractivity contribution < 1.29 is 31.1 Å². The molecule has 0 spiro atoms.